The second kappa shape index (κ2) is 7.39. The van der Waals surface area contributed by atoms with Crippen LogP contribution in [0.15, 0.2) is 41.3 Å². The maximum Gasteiger partial charge on any atom is 0.263 e. The first-order valence-electron chi connectivity index (χ1n) is 9.91. The Bertz CT molecular complexity index is 993. The first-order valence-corrected chi connectivity index (χ1v) is 9.91. The van der Waals surface area contributed by atoms with E-state index in [1.54, 1.807) is 6.20 Å². The molecule has 0 saturated carbocycles. The number of nitrogens with one attached hydrogen (secondary N) is 2. The zero-order valence-electron chi connectivity index (χ0n) is 16.8. The zero-order valence-corrected chi connectivity index (χ0v) is 16.8. The number of hydrogen-bond donors (Lipinski definition) is 2. The molecular weight excluding hydrogens is 352 g/mol. The zero-order chi connectivity index (χ0) is 19.7. The van der Waals surface area contributed by atoms with Crippen LogP contribution < -0.4 is 10.9 Å². The van der Waals surface area contributed by atoms with Gasteiger partial charge in [-0.05, 0) is 39.2 Å². The molecule has 0 amide bonds. The average molecular weight is 380 g/mol. The number of hydrogen-bond acceptors (Lipinski definition) is 5. The molecule has 0 bridgehead atoms. The van der Waals surface area contributed by atoms with Gasteiger partial charge in [0, 0.05) is 25.7 Å². The summed E-state index contributed by atoms with van der Waals surface area (Å²) in [4.78, 5) is 22.4. The highest BCUT2D eigenvalue weighted by Gasteiger charge is 2.22. The number of likely N-dealkylation sites (tertiary alicyclic amines) is 1. The van der Waals surface area contributed by atoms with Crippen LogP contribution in [-0.4, -0.2) is 43.8 Å². The van der Waals surface area contributed by atoms with Crippen molar-refractivity contribution in [1.82, 2.24) is 24.6 Å². The van der Waals surface area contributed by atoms with Gasteiger partial charge in [-0.25, -0.2) is 4.68 Å². The minimum absolute atomic E-state index is 0.149. The van der Waals surface area contributed by atoms with Gasteiger partial charge in [-0.15, -0.1) is 0 Å². The molecule has 2 aromatic heterocycles. The van der Waals surface area contributed by atoms with E-state index in [1.807, 2.05) is 4.68 Å². The van der Waals surface area contributed by atoms with E-state index >= 15 is 0 Å². The van der Waals surface area contributed by atoms with Crippen LogP contribution in [0.25, 0.3) is 11.0 Å². The van der Waals surface area contributed by atoms with E-state index in [1.165, 1.54) is 5.56 Å². The first kappa shape index (κ1) is 18.7. The van der Waals surface area contributed by atoms with Gasteiger partial charge in [0.15, 0.2) is 5.65 Å². The number of aromatic nitrogens is 4. The van der Waals surface area contributed by atoms with Gasteiger partial charge in [0.1, 0.15) is 5.39 Å². The molecule has 1 fully saturated rings. The Kier molecular flexibility index (Phi) is 4.93. The van der Waals surface area contributed by atoms with E-state index < -0.39 is 0 Å². The van der Waals surface area contributed by atoms with Gasteiger partial charge in [-0.2, -0.15) is 10.1 Å². The molecule has 4 rings (SSSR count). The molecule has 2 N–H and O–H groups in total. The van der Waals surface area contributed by atoms with E-state index in [2.05, 4.69) is 76.4 Å². The highest BCUT2D eigenvalue weighted by molar-refractivity contribution is 5.74. The van der Waals surface area contributed by atoms with Crippen LogP contribution in [0.5, 0.6) is 0 Å². The highest BCUT2D eigenvalue weighted by atomic mass is 16.1. The SMILES string of the molecule is CC(C)(C)n1ncc2c(=O)[nH]c(NC3CCN(Cc4ccccc4)CC3)nc21. The fraction of sp³-hybridized carbons (Fsp3) is 0.476. The molecule has 3 aromatic rings. The minimum Gasteiger partial charge on any atom is -0.353 e. The van der Waals surface area contributed by atoms with Gasteiger partial charge in [-0.1, -0.05) is 30.3 Å². The summed E-state index contributed by atoms with van der Waals surface area (Å²) in [5, 5.41) is 8.32. The van der Waals surface area contributed by atoms with Crippen molar-refractivity contribution in [2.45, 2.75) is 51.7 Å². The number of nitrogens with zero attached hydrogens (tertiary/aromatic N) is 4. The molecule has 1 aromatic carbocycles. The van der Waals surface area contributed by atoms with Crippen molar-refractivity contribution in [3.63, 3.8) is 0 Å². The van der Waals surface area contributed by atoms with Gasteiger partial charge < -0.3 is 5.32 Å². The Labute approximate surface area is 164 Å². The summed E-state index contributed by atoms with van der Waals surface area (Å²) in [6.07, 6.45) is 3.64. The lowest BCUT2D eigenvalue weighted by molar-refractivity contribution is 0.211. The summed E-state index contributed by atoms with van der Waals surface area (Å²) in [5.41, 5.74) is 1.59. The third kappa shape index (κ3) is 3.94. The summed E-state index contributed by atoms with van der Waals surface area (Å²) in [5.74, 6) is 0.532. The molecule has 7 nitrogen and oxygen atoms in total. The van der Waals surface area contributed by atoms with Crippen LogP contribution in [0.4, 0.5) is 5.95 Å². The molecule has 0 atom stereocenters. The van der Waals surface area contributed by atoms with E-state index in [-0.39, 0.29) is 11.1 Å². The van der Waals surface area contributed by atoms with Crippen LogP contribution in [0.1, 0.15) is 39.2 Å². The number of fused-ring (bicyclic) bond motifs is 1. The second-order valence-corrected chi connectivity index (χ2v) is 8.56. The third-order valence-electron chi connectivity index (χ3n) is 5.25. The molecule has 1 saturated heterocycles. The quantitative estimate of drug-likeness (QED) is 0.728. The normalized spacial score (nSPS) is 16.5. The molecule has 7 heteroatoms. The van der Waals surface area contributed by atoms with Gasteiger partial charge >= 0.3 is 0 Å². The number of rotatable bonds is 4. The molecule has 0 unspecified atom stereocenters. The van der Waals surface area contributed by atoms with Gasteiger partial charge in [0.25, 0.3) is 5.56 Å². The molecule has 3 heterocycles. The predicted molar refractivity (Wildman–Crippen MR) is 112 cm³/mol. The van der Waals surface area contributed by atoms with E-state index in [4.69, 9.17) is 0 Å². The van der Waals surface area contributed by atoms with Crippen molar-refractivity contribution in [2.24, 2.45) is 0 Å². The van der Waals surface area contributed by atoms with Gasteiger partial charge in [0.05, 0.1) is 11.7 Å². The first-order chi connectivity index (χ1) is 13.4. The fourth-order valence-electron chi connectivity index (χ4n) is 3.75. The van der Waals surface area contributed by atoms with E-state index in [0.717, 1.165) is 32.5 Å². The lowest BCUT2D eigenvalue weighted by atomic mass is 10.0. The smallest absolute Gasteiger partial charge is 0.263 e. The molecule has 0 aliphatic carbocycles. The standard InChI is InChI=1S/C21H28N6O/c1-21(2,3)27-18-17(13-22-27)19(28)25-20(24-18)23-16-9-11-26(12-10-16)14-15-7-5-4-6-8-15/h4-8,13,16H,9-12,14H2,1-3H3,(H2,23,24,25,28). The Morgan fingerprint density at radius 1 is 1.18 bits per heavy atom. The van der Waals surface area contributed by atoms with Crippen LogP contribution in [0, 0.1) is 0 Å². The highest BCUT2D eigenvalue weighted by Crippen LogP contribution is 2.20. The number of benzene rings is 1. The molecule has 28 heavy (non-hydrogen) atoms. The van der Waals surface area contributed by atoms with Crippen molar-refractivity contribution in [2.75, 3.05) is 18.4 Å². The van der Waals surface area contributed by atoms with E-state index in [9.17, 15) is 4.79 Å². The monoisotopic (exact) mass is 380 g/mol. The number of H-pyrrole nitrogens is 1. The molecule has 1 aliphatic heterocycles. The molecule has 0 radical (unpaired) electrons. The van der Waals surface area contributed by atoms with Crippen molar-refractivity contribution < 1.29 is 0 Å². The fourth-order valence-corrected chi connectivity index (χ4v) is 3.75. The maximum absolute atomic E-state index is 12.4. The largest absolute Gasteiger partial charge is 0.353 e. The van der Waals surface area contributed by atoms with Crippen LogP contribution in [0.3, 0.4) is 0 Å². The van der Waals surface area contributed by atoms with Crippen LogP contribution in [-0.2, 0) is 12.1 Å². The summed E-state index contributed by atoms with van der Waals surface area (Å²) in [6, 6.07) is 10.9. The van der Waals surface area contributed by atoms with Crippen molar-refractivity contribution in [3.05, 3.63) is 52.4 Å². The van der Waals surface area contributed by atoms with Crippen molar-refractivity contribution in [1.29, 1.82) is 0 Å². The van der Waals surface area contributed by atoms with Crippen molar-refractivity contribution in [3.8, 4) is 0 Å². The number of aromatic amines is 1. The molecular formula is C21H28N6O. The summed E-state index contributed by atoms with van der Waals surface area (Å²) >= 11 is 0. The minimum atomic E-state index is -0.234. The molecule has 0 spiro atoms. The van der Waals surface area contributed by atoms with Crippen LogP contribution in [0.2, 0.25) is 0 Å². The topological polar surface area (TPSA) is 78.8 Å². The summed E-state index contributed by atoms with van der Waals surface area (Å²) in [6.45, 7) is 9.20. The Morgan fingerprint density at radius 2 is 1.89 bits per heavy atom. The maximum atomic E-state index is 12.4. The third-order valence-corrected chi connectivity index (χ3v) is 5.25. The molecule has 148 valence electrons. The second-order valence-electron chi connectivity index (χ2n) is 8.56. The Balaban J connectivity index is 1.44. The lowest BCUT2D eigenvalue weighted by Crippen LogP contribution is -2.39. The van der Waals surface area contributed by atoms with Crippen LogP contribution >= 0.6 is 0 Å². The number of anilines is 1. The summed E-state index contributed by atoms with van der Waals surface area (Å²) < 4.78 is 1.81. The van der Waals surface area contributed by atoms with Crippen molar-refractivity contribution >= 4 is 17.0 Å². The predicted octanol–water partition coefficient (Wildman–Crippen LogP) is 2.95. The molecule has 1 aliphatic rings. The average Bonchev–Trinajstić information content (AvgIpc) is 3.09. The Hall–Kier alpha value is -2.67. The Morgan fingerprint density at radius 3 is 2.57 bits per heavy atom. The number of piperidine rings is 1. The lowest BCUT2D eigenvalue weighted by Gasteiger charge is -2.32. The van der Waals surface area contributed by atoms with E-state index in [0.29, 0.717) is 23.0 Å². The van der Waals surface area contributed by atoms with Gasteiger partial charge in [-0.3, -0.25) is 14.7 Å². The summed E-state index contributed by atoms with van der Waals surface area (Å²) in [7, 11) is 0. The van der Waals surface area contributed by atoms with Gasteiger partial charge in [0.2, 0.25) is 5.95 Å².